The fourth-order valence-corrected chi connectivity index (χ4v) is 2.84. The van der Waals surface area contributed by atoms with Crippen LogP contribution in [-0.4, -0.2) is 30.0 Å². The predicted octanol–water partition coefficient (Wildman–Crippen LogP) is 3.82. The lowest BCUT2D eigenvalue weighted by molar-refractivity contribution is 0.343. The molecule has 1 aromatic heterocycles. The zero-order valence-electron chi connectivity index (χ0n) is 11.4. The van der Waals surface area contributed by atoms with Gasteiger partial charge in [0.1, 0.15) is 0 Å². The molecule has 4 heteroatoms. The quantitative estimate of drug-likeness (QED) is 0.805. The van der Waals surface area contributed by atoms with Gasteiger partial charge in [-0.2, -0.15) is 0 Å². The van der Waals surface area contributed by atoms with Gasteiger partial charge in [-0.1, -0.05) is 23.7 Å². The summed E-state index contributed by atoms with van der Waals surface area (Å²) in [6.07, 6.45) is 2.16. The molecule has 0 saturated carbocycles. The molecule has 1 heterocycles. The van der Waals surface area contributed by atoms with Crippen LogP contribution in [0, 0.1) is 6.92 Å². The Balaban J connectivity index is 1.74. The van der Waals surface area contributed by atoms with Gasteiger partial charge in [0.05, 0.1) is 11.2 Å². The fraction of sp³-hybridized carbons (Fsp3) is 0.400. The van der Waals surface area contributed by atoms with Gasteiger partial charge in [-0.25, -0.2) is 4.98 Å². The van der Waals surface area contributed by atoms with Crippen LogP contribution in [-0.2, 0) is 12.8 Å². The van der Waals surface area contributed by atoms with E-state index in [-0.39, 0.29) is 0 Å². The van der Waals surface area contributed by atoms with E-state index < -0.39 is 0 Å². The van der Waals surface area contributed by atoms with Crippen LogP contribution in [0.15, 0.2) is 29.8 Å². The standard InChI is InChI=1S/C15H19ClN2S/c1-12-15(19-11-17-12)8-10-18(2)9-7-13-3-5-14(16)6-4-13/h3-6,11H,7-10H2,1-2H3. The Morgan fingerprint density at radius 3 is 2.47 bits per heavy atom. The first-order chi connectivity index (χ1) is 9.15. The number of hydrogen-bond acceptors (Lipinski definition) is 3. The molecule has 0 atom stereocenters. The summed E-state index contributed by atoms with van der Waals surface area (Å²) in [4.78, 5) is 8.05. The number of thiazole rings is 1. The van der Waals surface area contributed by atoms with Crippen LogP contribution in [0.4, 0.5) is 0 Å². The maximum atomic E-state index is 5.88. The molecule has 0 bridgehead atoms. The van der Waals surface area contributed by atoms with Gasteiger partial charge in [0.15, 0.2) is 0 Å². The lowest BCUT2D eigenvalue weighted by atomic mass is 10.1. The van der Waals surface area contributed by atoms with Gasteiger partial charge in [-0.3, -0.25) is 0 Å². The van der Waals surface area contributed by atoms with Crippen LogP contribution >= 0.6 is 22.9 Å². The highest BCUT2D eigenvalue weighted by molar-refractivity contribution is 7.09. The minimum atomic E-state index is 0.803. The van der Waals surface area contributed by atoms with E-state index in [0.29, 0.717) is 0 Å². The van der Waals surface area contributed by atoms with E-state index in [2.05, 4.69) is 36.0 Å². The van der Waals surface area contributed by atoms with Gasteiger partial charge >= 0.3 is 0 Å². The molecule has 19 heavy (non-hydrogen) atoms. The molecule has 2 aromatic rings. The van der Waals surface area contributed by atoms with E-state index in [9.17, 15) is 0 Å². The minimum Gasteiger partial charge on any atom is -0.306 e. The zero-order chi connectivity index (χ0) is 13.7. The van der Waals surface area contributed by atoms with Crippen molar-refractivity contribution in [3.05, 3.63) is 50.9 Å². The van der Waals surface area contributed by atoms with Gasteiger partial charge in [-0.15, -0.1) is 11.3 Å². The Morgan fingerprint density at radius 2 is 1.84 bits per heavy atom. The van der Waals surface area contributed by atoms with Crippen molar-refractivity contribution in [3.63, 3.8) is 0 Å². The normalized spacial score (nSPS) is 11.2. The molecular weight excluding hydrogens is 276 g/mol. The van der Waals surface area contributed by atoms with Crippen molar-refractivity contribution in [1.82, 2.24) is 9.88 Å². The summed E-state index contributed by atoms with van der Waals surface area (Å²) in [5, 5.41) is 0.803. The monoisotopic (exact) mass is 294 g/mol. The molecule has 0 saturated heterocycles. The van der Waals surface area contributed by atoms with Crippen molar-refractivity contribution >= 4 is 22.9 Å². The van der Waals surface area contributed by atoms with Crippen LogP contribution in [0.25, 0.3) is 0 Å². The second-order valence-electron chi connectivity index (χ2n) is 4.79. The van der Waals surface area contributed by atoms with E-state index in [1.165, 1.54) is 16.1 Å². The molecule has 0 aliphatic rings. The number of hydrogen-bond donors (Lipinski definition) is 0. The lowest BCUT2D eigenvalue weighted by Crippen LogP contribution is -2.23. The minimum absolute atomic E-state index is 0.803. The third-order valence-corrected chi connectivity index (χ3v) is 4.51. The van der Waals surface area contributed by atoms with Gasteiger partial charge < -0.3 is 4.90 Å². The van der Waals surface area contributed by atoms with Crippen LogP contribution in [0.3, 0.4) is 0 Å². The highest BCUT2D eigenvalue weighted by atomic mass is 35.5. The lowest BCUT2D eigenvalue weighted by Gasteiger charge is -2.16. The Bertz CT molecular complexity index is 507. The Morgan fingerprint density at radius 1 is 1.16 bits per heavy atom. The number of nitrogens with zero attached hydrogens (tertiary/aromatic N) is 2. The number of benzene rings is 1. The van der Waals surface area contributed by atoms with Crippen LogP contribution in [0.5, 0.6) is 0 Å². The first-order valence-corrected chi connectivity index (χ1v) is 7.73. The van der Waals surface area contributed by atoms with E-state index in [0.717, 1.165) is 31.0 Å². The highest BCUT2D eigenvalue weighted by Gasteiger charge is 2.04. The Labute approximate surface area is 124 Å². The van der Waals surface area contributed by atoms with Crippen molar-refractivity contribution < 1.29 is 0 Å². The molecule has 0 spiro atoms. The molecule has 2 rings (SSSR count). The molecule has 0 aliphatic heterocycles. The third-order valence-electron chi connectivity index (χ3n) is 3.26. The van der Waals surface area contributed by atoms with Crippen molar-refractivity contribution in [1.29, 1.82) is 0 Å². The van der Waals surface area contributed by atoms with E-state index in [1.807, 2.05) is 17.6 Å². The second kappa shape index (κ2) is 7.04. The number of aryl methyl sites for hydroxylation is 1. The fourth-order valence-electron chi connectivity index (χ4n) is 1.94. The maximum Gasteiger partial charge on any atom is 0.0797 e. The third kappa shape index (κ3) is 4.60. The van der Waals surface area contributed by atoms with E-state index in [1.54, 1.807) is 11.3 Å². The molecule has 0 amide bonds. The summed E-state index contributed by atoms with van der Waals surface area (Å²) < 4.78 is 0. The van der Waals surface area contributed by atoms with Gasteiger partial charge in [0.2, 0.25) is 0 Å². The zero-order valence-corrected chi connectivity index (χ0v) is 13.0. The van der Waals surface area contributed by atoms with Crippen LogP contribution in [0.1, 0.15) is 16.1 Å². The molecule has 0 N–H and O–H groups in total. The molecule has 0 unspecified atom stereocenters. The van der Waals surface area contributed by atoms with Gasteiger partial charge in [-0.05, 0) is 44.5 Å². The topological polar surface area (TPSA) is 16.1 Å². The van der Waals surface area contributed by atoms with Crippen molar-refractivity contribution in [3.8, 4) is 0 Å². The number of aromatic nitrogens is 1. The first kappa shape index (κ1) is 14.5. The van der Waals surface area contributed by atoms with Crippen molar-refractivity contribution in [2.45, 2.75) is 19.8 Å². The average Bonchev–Trinajstić information content (AvgIpc) is 2.81. The van der Waals surface area contributed by atoms with Gasteiger partial charge in [0.25, 0.3) is 0 Å². The van der Waals surface area contributed by atoms with Crippen molar-refractivity contribution in [2.75, 3.05) is 20.1 Å². The first-order valence-electron chi connectivity index (χ1n) is 6.47. The number of halogens is 1. The van der Waals surface area contributed by atoms with Crippen molar-refractivity contribution in [2.24, 2.45) is 0 Å². The molecular formula is C15H19ClN2S. The second-order valence-corrected chi connectivity index (χ2v) is 6.17. The summed E-state index contributed by atoms with van der Waals surface area (Å²) in [5.74, 6) is 0. The van der Waals surface area contributed by atoms with Gasteiger partial charge in [0, 0.05) is 23.0 Å². The average molecular weight is 295 g/mol. The smallest absolute Gasteiger partial charge is 0.0797 e. The summed E-state index contributed by atoms with van der Waals surface area (Å²) in [5.41, 5.74) is 4.44. The largest absolute Gasteiger partial charge is 0.306 e. The van der Waals surface area contributed by atoms with E-state index in [4.69, 9.17) is 11.6 Å². The molecule has 102 valence electrons. The summed E-state index contributed by atoms with van der Waals surface area (Å²) in [6.45, 7) is 4.23. The predicted molar refractivity (Wildman–Crippen MR) is 83.2 cm³/mol. The summed E-state index contributed by atoms with van der Waals surface area (Å²) in [7, 11) is 2.17. The summed E-state index contributed by atoms with van der Waals surface area (Å²) in [6, 6.07) is 8.11. The molecule has 1 aromatic carbocycles. The number of likely N-dealkylation sites (N-methyl/N-ethyl adjacent to an activating group) is 1. The number of rotatable bonds is 6. The molecule has 0 radical (unpaired) electrons. The molecule has 2 nitrogen and oxygen atoms in total. The van der Waals surface area contributed by atoms with E-state index >= 15 is 0 Å². The summed E-state index contributed by atoms with van der Waals surface area (Å²) >= 11 is 7.64. The Hall–Kier alpha value is -0.900. The molecule has 0 fully saturated rings. The van der Waals surface area contributed by atoms with Crippen LogP contribution < -0.4 is 0 Å². The maximum absolute atomic E-state index is 5.88. The Kier molecular flexibility index (Phi) is 5.37. The SMILES string of the molecule is Cc1ncsc1CCN(C)CCc1ccc(Cl)cc1. The van der Waals surface area contributed by atoms with Crippen LogP contribution in [0.2, 0.25) is 5.02 Å². The molecule has 0 aliphatic carbocycles. The highest BCUT2D eigenvalue weighted by Crippen LogP contribution is 2.13.